The van der Waals surface area contributed by atoms with Crippen molar-refractivity contribution in [2.45, 2.75) is 19.1 Å². The third kappa shape index (κ3) is 3.81. The second kappa shape index (κ2) is 7.82. The van der Waals surface area contributed by atoms with Crippen molar-refractivity contribution in [1.29, 1.82) is 0 Å². The van der Waals surface area contributed by atoms with E-state index in [-0.39, 0.29) is 37.7 Å². The molecule has 0 bridgehead atoms. The molecule has 23 heavy (non-hydrogen) atoms. The lowest BCUT2D eigenvalue weighted by molar-refractivity contribution is 0.0128. The Kier molecular flexibility index (Phi) is 6.29. The second-order valence-electron chi connectivity index (χ2n) is 4.82. The second-order valence-corrected chi connectivity index (χ2v) is 6.34. The highest BCUT2D eigenvalue weighted by Gasteiger charge is 2.27. The maximum Gasteiger partial charge on any atom is 0.160 e. The number of methoxy groups -OCH3 is 1. The van der Waals surface area contributed by atoms with Crippen molar-refractivity contribution in [2.24, 2.45) is 0 Å². The Morgan fingerprint density at radius 2 is 1.43 bits per heavy atom. The summed E-state index contributed by atoms with van der Waals surface area (Å²) in [7, 11) is 1.57. The van der Waals surface area contributed by atoms with Crippen LogP contribution in [0.2, 0.25) is 20.1 Å². The molecule has 7 heteroatoms. The number of hydrogen-bond donors (Lipinski definition) is 1. The topological polar surface area (TPSA) is 38.7 Å². The van der Waals surface area contributed by atoms with E-state index >= 15 is 0 Å². The molecule has 0 aliphatic rings. The van der Waals surface area contributed by atoms with Crippen LogP contribution < -0.4 is 4.74 Å². The average molecular weight is 396 g/mol. The minimum absolute atomic E-state index is 0.0113. The van der Waals surface area contributed by atoms with Gasteiger partial charge in [-0.25, -0.2) is 0 Å². The van der Waals surface area contributed by atoms with E-state index in [1.807, 2.05) is 37.3 Å². The molecular formula is C16H14Cl4O3. The highest BCUT2D eigenvalue weighted by molar-refractivity contribution is 6.50. The Morgan fingerprint density at radius 1 is 0.913 bits per heavy atom. The first-order valence-electron chi connectivity index (χ1n) is 6.67. The molecule has 1 N–H and O–H groups in total. The van der Waals surface area contributed by atoms with Gasteiger partial charge in [-0.1, -0.05) is 76.7 Å². The Morgan fingerprint density at radius 3 is 1.91 bits per heavy atom. The van der Waals surface area contributed by atoms with Gasteiger partial charge in [0.2, 0.25) is 0 Å². The molecule has 0 amide bonds. The molecule has 0 fully saturated rings. The molecule has 124 valence electrons. The lowest BCUT2D eigenvalue weighted by Gasteiger charge is -2.26. The highest BCUT2D eigenvalue weighted by Crippen LogP contribution is 2.50. The Balaban J connectivity index is 2.50. The summed E-state index contributed by atoms with van der Waals surface area (Å²) < 4.78 is 11.3. The van der Waals surface area contributed by atoms with Gasteiger partial charge in [0, 0.05) is 7.11 Å². The number of halogens is 4. The van der Waals surface area contributed by atoms with E-state index in [0.29, 0.717) is 0 Å². The maximum absolute atomic E-state index is 9.79. The smallest absolute Gasteiger partial charge is 0.160 e. The quantitative estimate of drug-likeness (QED) is 0.616. The van der Waals surface area contributed by atoms with Crippen LogP contribution in [0.15, 0.2) is 30.3 Å². The molecule has 0 saturated carbocycles. The SMILES string of the molecule is COC(C)C(Oc1c(Cl)c(Cl)c(O)c(Cl)c1Cl)c1ccccc1. The van der Waals surface area contributed by atoms with Crippen molar-refractivity contribution < 1.29 is 14.6 Å². The van der Waals surface area contributed by atoms with Crippen molar-refractivity contribution in [3.8, 4) is 11.5 Å². The van der Waals surface area contributed by atoms with Gasteiger partial charge in [-0.2, -0.15) is 0 Å². The van der Waals surface area contributed by atoms with Gasteiger partial charge in [-0.15, -0.1) is 0 Å². The van der Waals surface area contributed by atoms with Gasteiger partial charge in [-0.05, 0) is 12.5 Å². The fourth-order valence-corrected chi connectivity index (χ4v) is 2.95. The third-order valence-electron chi connectivity index (χ3n) is 3.37. The number of phenols is 1. The minimum Gasteiger partial charge on any atom is -0.505 e. The summed E-state index contributed by atoms with van der Waals surface area (Å²) in [5.41, 5.74) is 0.870. The molecule has 0 spiro atoms. The van der Waals surface area contributed by atoms with E-state index in [4.69, 9.17) is 55.9 Å². The zero-order valence-electron chi connectivity index (χ0n) is 12.3. The molecule has 2 unspecified atom stereocenters. The Labute approximate surface area is 154 Å². The largest absolute Gasteiger partial charge is 0.505 e. The van der Waals surface area contributed by atoms with Crippen LogP contribution in [0.4, 0.5) is 0 Å². The third-order valence-corrected chi connectivity index (χ3v) is 5.02. The molecule has 0 aromatic heterocycles. The van der Waals surface area contributed by atoms with Gasteiger partial charge < -0.3 is 14.6 Å². The molecule has 2 atom stereocenters. The monoisotopic (exact) mass is 394 g/mol. The van der Waals surface area contributed by atoms with E-state index in [2.05, 4.69) is 0 Å². The zero-order chi connectivity index (χ0) is 17.1. The molecule has 2 rings (SSSR count). The summed E-state index contributed by atoms with van der Waals surface area (Å²) in [5, 5.41) is 9.53. The van der Waals surface area contributed by atoms with E-state index < -0.39 is 6.10 Å². The lowest BCUT2D eigenvalue weighted by Crippen LogP contribution is -2.23. The summed E-state index contributed by atoms with van der Waals surface area (Å²) in [6.45, 7) is 1.85. The van der Waals surface area contributed by atoms with Crippen LogP contribution in [0.1, 0.15) is 18.6 Å². The summed E-state index contributed by atoms with van der Waals surface area (Å²) in [6.07, 6.45) is -0.788. The zero-order valence-corrected chi connectivity index (χ0v) is 15.3. The van der Waals surface area contributed by atoms with Gasteiger partial charge in [-0.3, -0.25) is 0 Å². The molecule has 0 radical (unpaired) electrons. The van der Waals surface area contributed by atoms with Crippen molar-refractivity contribution in [3.63, 3.8) is 0 Å². The number of aromatic hydroxyl groups is 1. The molecule has 0 aliphatic heterocycles. The van der Waals surface area contributed by atoms with Crippen LogP contribution in [0.5, 0.6) is 11.5 Å². The van der Waals surface area contributed by atoms with Crippen LogP contribution in [-0.2, 0) is 4.74 Å². The standard InChI is InChI=1S/C16H14Cl4O3/c1-8(22-2)15(9-6-4-3-5-7-9)23-16-12(19)10(17)14(21)11(18)13(16)20/h3-8,15,21H,1-2H3. The Bertz CT molecular complexity index is 662. The highest BCUT2D eigenvalue weighted by atomic mass is 35.5. The van der Waals surface area contributed by atoms with Crippen LogP contribution in [-0.4, -0.2) is 18.3 Å². The molecule has 2 aromatic rings. The number of hydrogen-bond acceptors (Lipinski definition) is 3. The maximum atomic E-state index is 9.79. The molecule has 0 saturated heterocycles. The fraction of sp³-hybridized carbons (Fsp3) is 0.250. The molecule has 0 aliphatic carbocycles. The van der Waals surface area contributed by atoms with Gasteiger partial charge in [0.05, 0.1) is 6.10 Å². The van der Waals surface area contributed by atoms with Crippen molar-refractivity contribution in [3.05, 3.63) is 56.0 Å². The van der Waals surface area contributed by atoms with Gasteiger partial charge in [0.15, 0.2) is 11.5 Å². The van der Waals surface area contributed by atoms with Crippen molar-refractivity contribution in [1.82, 2.24) is 0 Å². The normalized spacial score (nSPS) is 13.7. The lowest BCUT2D eigenvalue weighted by atomic mass is 10.1. The average Bonchev–Trinajstić information content (AvgIpc) is 2.58. The van der Waals surface area contributed by atoms with E-state index in [9.17, 15) is 5.11 Å². The molecule has 2 aromatic carbocycles. The summed E-state index contributed by atoms with van der Waals surface area (Å²) in [6, 6.07) is 9.45. The summed E-state index contributed by atoms with van der Waals surface area (Å²) >= 11 is 24.2. The number of benzene rings is 2. The molecular weight excluding hydrogens is 382 g/mol. The van der Waals surface area contributed by atoms with E-state index in [1.54, 1.807) is 7.11 Å². The number of ether oxygens (including phenoxy) is 2. The van der Waals surface area contributed by atoms with Gasteiger partial charge in [0.1, 0.15) is 26.2 Å². The minimum atomic E-state index is -0.493. The van der Waals surface area contributed by atoms with Crippen LogP contribution in [0.3, 0.4) is 0 Å². The van der Waals surface area contributed by atoms with Crippen molar-refractivity contribution in [2.75, 3.05) is 7.11 Å². The van der Waals surface area contributed by atoms with E-state index in [1.165, 1.54) is 0 Å². The molecule has 3 nitrogen and oxygen atoms in total. The first-order valence-corrected chi connectivity index (χ1v) is 8.19. The van der Waals surface area contributed by atoms with Gasteiger partial charge >= 0.3 is 0 Å². The predicted octanol–water partition coefficient (Wildman–Crippen LogP) is 6.16. The first-order chi connectivity index (χ1) is 10.9. The van der Waals surface area contributed by atoms with Gasteiger partial charge in [0.25, 0.3) is 0 Å². The van der Waals surface area contributed by atoms with E-state index in [0.717, 1.165) is 5.56 Å². The van der Waals surface area contributed by atoms with Crippen LogP contribution in [0.25, 0.3) is 0 Å². The van der Waals surface area contributed by atoms with Crippen LogP contribution >= 0.6 is 46.4 Å². The predicted molar refractivity (Wildman–Crippen MR) is 94.4 cm³/mol. The number of rotatable bonds is 5. The molecule has 0 heterocycles. The van der Waals surface area contributed by atoms with Crippen LogP contribution in [0, 0.1) is 0 Å². The summed E-state index contributed by atoms with van der Waals surface area (Å²) in [5.74, 6) is -0.286. The van der Waals surface area contributed by atoms with Crippen molar-refractivity contribution >= 4 is 46.4 Å². The number of phenolic OH excluding ortho intramolecular Hbond substituents is 1. The first kappa shape index (κ1) is 18.5. The fourth-order valence-electron chi connectivity index (χ4n) is 2.03. The Hall–Kier alpha value is -0.840. The summed E-state index contributed by atoms with van der Waals surface area (Å²) in [4.78, 5) is 0.